The van der Waals surface area contributed by atoms with E-state index in [-0.39, 0.29) is 24.7 Å². The molecule has 0 atom stereocenters. The van der Waals surface area contributed by atoms with E-state index in [1.165, 1.54) is 17.4 Å². The van der Waals surface area contributed by atoms with Gasteiger partial charge in [-0.25, -0.2) is 4.39 Å². The summed E-state index contributed by atoms with van der Waals surface area (Å²) in [6.45, 7) is 0.120. The minimum atomic E-state index is -1.33. The summed E-state index contributed by atoms with van der Waals surface area (Å²) < 4.78 is 35.2. The third kappa shape index (κ3) is 6.10. The Hall–Kier alpha value is -2.72. The van der Waals surface area contributed by atoms with Gasteiger partial charge in [0.25, 0.3) is 11.8 Å². The van der Waals surface area contributed by atoms with Crippen LogP contribution in [0, 0.1) is 17.6 Å². The van der Waals surface area contributed by atoms with Crippen LogP contribution in [0.25, 0.3) is 0 Å². The molecule has 2 saturated carbocycles. The van der Waals surface area contributed by atoms with Crippen LogP contribution in [-0.2, 0) is 4.79 Å². The average molecular weight is 527 g/mol. The first kappa shape index (κ1) is 25.4. The third-order valence-electron chi connectivity index (χ3n) is 6.26. The number of halogens is 3. The van der Waals surface area contributed by atoms with E-state index >= 15 is 0 Å². The van der Waals surface area contributed by atoms with Crippen molar-refractivity contribution in [3.8, 4) is 5.75 Å². The lowest BCUT2D eigenvalue weighted by molar-refractivity contribution is -0.143. The summed E-state index contributed by atoms with van der Waals surface area (Å²) in [5, 5.41) is 14.2. The number of carboxylic acids is 1. The molecular formula is C24H25ClF2N2O5S. The van der Waals surface area contributed by atoms with Crippen molar-refractivity contribution in [1.29, 1.82) is 0 Å². The molecule has 0 aliphatic heterocycles. The Labute approximate surface area is 209 Å². The maximum Gasteiger partial charge on any atom is 0.306 e. The van der Waals surface area contributed by atoms with Gasteiger partial charge >= 0.3 is 5.97 Å². The highest BCUT2D eigenvalue weighted by molar-refractivity contribution is 7.18. The van der Waals surface area contributed by atoms with Crippen molar-refractivity contribution < 1.29 is 33.0 Å². The number of benzene rings is 1. The largest absolute Gasteiger partial charge is 0.487 e. The quantitative estimate of drug-likeness (QED) is 0.409. The molecule has 0 spiro atoms. The average Bonchev–Trinajstić information content (AvgIpc) is 3.60. The Balaban J connectivity index is 1.25. The minimum Gasteiger partial charge on any atom is -0.487 e. The lowest BCUT2D eigenvalue weighted by Crippen LogP contribution is -2.35. The van der Waals surface area contributed by atoms with Crippen LogP contribution in [0.15, 0.2) is 18.2 Å². The first-order valence-corrected chi connectivity index (χ1v) is 12.7. The van der Waals surface area contributed by atoms with Crippen LogP contribution >= 0.6 is 22.9 Å². The van der Waals surface area contributed by atoms with Crippen LogP contribution in [0.4, 0.5) is 8.78 Å². The van der Waals surface area contributed by atoms with E-state index in [1.54, 1.807) is 6.07 Å². The molecule has 188 valence electrons. The molecule has 1 aromatic heterocycles. The number of nitrogens with one attached hydrogen (secondary N) is 2. The normalized spacial score (nSPS) is 19.7. The first-order chi connectivity index (χ1) is 16.7. The number of hydrogen-bond acceptors (Lipinski definition) is 5. The van der Waals surface area contributed by atoms with Crippen molar-refractivity contribution in [3.63, 3.8) is 0 Å². The molecule has 4 rings (SSSR count). The summed E-state index contributed by atoms with van der Waals surface area (Å²) in [5.41, 5.74) is 0.517. The molecule has 0 radical (unpaired) electrons. The summed E-state index contributed by atoms with van der Waals surface area (Å²) in [6, 6.07) is 4.12. The Morgan fingerprint density at radius 2 is 1.66 bits per heavy atom. The molecule has 0 bridgehead atoms. The van der Waals surface area contributed by atoms with Gasteiger partial charge in [0, 0.05) is 13.1 Å². The standard InChI is InChI=1S/C24H25ClF2N2O5S/c25-21-16(12-1-2-12)11-18(35-21)23(31)29-10-9-28-22(30)15-7-8-17(20(27)19(15)26)34-14-5-3-13(4-6-14)24(32)33/h7-8,11-14H,1-6,9-10H2,(H,28,30)(H,29,31)(H,32,33)/t13-,14+. The molecule has 2 aromatic rings. The van der Waals surface area contributed by atoms with Gasteiger partial charge in [-0.1, -0.05) is 11.6 Å². The van der Waals surface area contributed by atoms with Crippen molar-refractivity contribution >= 4 is 40.7 Å². The zero-order valence-corrected chi connectivity index (χ0v) is 20.3. The summed E-state index contributed by atoms with van der Waals surface area (Å²) in [5.74, 6) is -4.93. The molecule has 2 fully saturated rings. The summed E-state index contributed by atoms with van der Waals surface area (Å²) in [7, 11) is 0. The van der Waals surface area contributed by atoms with Crippen molar-refractivity contribution in [2.45, 2.75) is 50.5 Å². The van der Waals surface area contributed by atoms with Crippen molar-refractivity contribution in [1.82, 2.24) is 10.6 Å². The fraction of sp³-hybridized carbons (Fsp3) is 0.458. The van der Waals surface area contributed by atoms with E-state index in [2.05, 4.69) is 10.6 Å². The Bertz CT molecular complexity index is 1130. The summed E-state index contributed by atoms with van der Waals surface area (Å²) in [6.07, 6.45) is 3.38. The zero-order valence-electron chi connectivity index (χ0n) is 18.7. The third-order valence-corrected chi connectivity index (χ3v) is 7.65. The second-order valence-corrected chi connectivity index (χ2v) is 10.4. The fourth-order valence-corrected chi connectivity index (χ4v) is 5.45. The van der Waals surface area contributed by atoms with Crippen LogP contribution in [0.2, 0.25) is 4.34 Å². The van der Waals surface area contributed by atoms with Crippen LogP contribution < -0.4 is 15.4 Å². The summed E-state index contributed by atoms with van der Waals surface area (Å²) >= 11 is 7.40. The molecule has 1 heterocycles. The number of amides is 2. The predicted molar refractivity (Wildman–Crippen MR) is 126 cm³/mol. The van der Waals surface area contributed by atoms with Crippen LogP contribution in [0.5, 0.6) is 5.75 Å². The zero-order chi connectivity index (χ0) is 25.1. The molecule has 11 heteroatoms. The highest BCUT2D eigenvalue weighted by atomic mass is 35.5. The van der Waals surface area contributed by atoms with E-state index in [0.717, 1.165) is 24.5 Å². The molecular weight excluding hydrogens is 502 g/mol. The number of hydrogen-bond donors (Lipinski definition) is 3. The SMILES string of the molecule is O=C(NCCNC(=O)c1ccc(O[C@H]2CC[C@@H](C(=O)O)CC2)c(F)c1F)c1cc(C2CC2)c(Cl)s1. The lowest BCUT2D eigenvalue weighted by atomic mass is 9.87. The maximum absolute atomic E-state index is 14.5. The number of rotatable bonds is 9. The van der Waals surface area contributed by atoms with E-state index in [0.29, 0.717) is 40.8 Å². The predicted octanol–water partition coefficient (Wildman–Crippen LogP) is 4.74. The number of thiophene rings is 1. The van der Waals surface area contributed by atoms with Gasteiger partial charge in [-0.05, 0) is 68.2 Å². The van der Waals surface area contributed by atoms with Gasteiger partial charge < -0.3 is 20.5 Å². The van der Waals surface area contributed by atoms with E-state index < -0.39 is 41.1 Å². The molecule has 3 N–H and O–H groups in total. The number of aliphatic carboxylic acids is 1. The van der Waals surface area contributed by atoms with E-state index in [1.807, 2.05) is 0 Å². The minimum absolute atomic E-state index is 0.0191. The van der Waals surface area contributed by atoms with E-state index in [4.69, 9.17) is 21.4 Å². The van der Waals surface area contributed by atoms with Gasteiger partial charge in [0.2, 0.25) is 5.82 Å². The second-order valence-electron chi connectivity index (χ2n) is 8.79. The van der Waals surface area contributed by atoms with Crippen molar-refractivity contribution in [2.24, 2.45) is 5.92 Å². The van der Waals surface area contributed by atoms with Gasteiger partial charge in [0.05, 0.1) is 26.8 Å². The smallest absolute Gasteiger partial charge is 0.306 e. The van der Waals surface area contributed by atoms with Crippen molar-refractivity contribution in [3.05, 3.63) is 50.2 Å². The van der Waals surface area contributed by atoms with E-state index in [9.17, 15) is 23.2 Å². The highest BCUT2D eigenvalue weighted by Crippen LogP contribution is 2.46. The van der Waals surface area contributed by atoms with Crippen LogP contribution in [0.1, 0.15) is 70.0 Å². The highest BCUT2D eigenvalue weighted by Gasteiger charge is 2.29. The van der Waals surface area contributed by atoms with Gasteiger partial charge in [-0.15, -0.1) is 11.3 Å². The maximum atomic E-state index is 14.5. The van der Waals surface area contributed by atoms with Gasteiger partial charge in [0.1, 0.15) is 0 Å². The molecule has 0 unspecified atom stereocenters. The molecule has 7 nitrogen and oxygen atoms in total. The second kappa shape index (κ2) is 10.9. The molecule has 0 saturated heterocycles. The molecule has 35 heavy (non-hydrogen) atoms. The monoisotopic (exact) mass is 526 g/mol. The number of ether oxygens (including phenoxy) is 1. The number of carbonyl (C=O) groups is 3. The van der Waals surface area contributed by atoms with Gasteiger partial charge in [-0.3, -0.25) is 14.4 Å². The summed E-state index contributed by atoms with van der Waals surface area (Å²) in [4.78, 5) is 36.1. The molecule has 1 aromatic carbocycles. The van der Waals surface area contributed by atoms with Crippen molar-refractivity contribution in [2.75, 3.05) is 13.1 Å². The van der Waals surface area contributed by atoms with Crippen LogP contribution in [0.3, 0.4) is 0 Å². The topological polar surface area (TPSA) is 105 Å². The molecule has 2 aliphatic rings. The Morgan fingerprint density at radius 1 is 1.00 bits per heavy atom. The van der Waals surface area contributed by atoms with Gasteiger partial charge in [0.15, 0.2) is 11.6 Å². The lowest BCUT2D eigenvalue weighted by Gasteiger charge is -2.27. The number of carbonyl (C=O) groups excluding carboxylic acids is 2. The molecule has 2 aliphatic carbocycles. The van der Waals surface area contributed by atoms with Crippen LogP contribution in [-0.4, -0.2) is 42.1 Å². The first-order valence-electron chi connectivity index (χ1n) is 11.5. The van der Waals surface area contributed by atoms with Gasteiger partial charge in [-0.2, -0.15) is 4.39 Å². The Kier molecular flexibility index (Phi) is 7.91. The Morgan fingerprint density at radius 3 is 2.29 bits per heavy atom. The molecule has 2 amide bonds. The number of carboxylic acid groups (broad SMARTS) is 1. The fourth-order valence-electron chi connectivity index (χ4n) is 4.11.